The topological polar surface area (TPSA) is 99.5 Å². The minimum absolute atomic E-state index is 0.0104. The molecule has 0 bridgehead atoms. The van der Waals surface area contributed by atoms with Crippen molar-refractivity contribution in [3.05, 3.63) is 0 Å². The number of carbonyl (C=O) groups excluding carboxylic acids is 2. The Morgan fingerprint density at radius 1 is 0.549 bits per heavy atom. The van der Waals surface area contributed by atoms with Gasteiger partial charge >= 0.3 is 11.9 Å². The lowest BCUT2D eigenvalue weighted by molar-refractivity contribution is -0.184. The lowest BCUT2D eigenvalue weighted by Crippen LogP contribution is -2.58. The number of aliphatic hydroxyl groups excluding tert-OH is 2. The Labute approximate surface area is 439 Å². The molecule has 0 saturated heterocycles. The molecule has 0 spiro atoms. The van der Waals surface area contributed by atoms with Gasteiger partial charge in [0.2, 0.25) is 0 Å². The molecule has 9 atom stereocenters. The molecule has 4 aliphatic carbocycles. The molecule has 4 fully saturated rings. The fraction of sp³-hybridized carbons (Fsp3) is 0.968. The van der Waals surface area contributed by atoms with Gasteiger partial charge in [0, 0.05) is 39.0 Å². The molecule has 0 aromatic heterocycles. The van der Waals surface area contributed by atoms with Crippen LogP contribution in [0.4, 0.5) is 0 Å². The van der Waals surface area contributed by atoms with Crippen LogP contribution in [0.3, 0.4) is 0 Å². The van der Waals surface area contributed by atoms with E-state index in [0.29, 0.717) is 36.8 Å². The molecular weight excluding hydrogens is 881 g/mol. The predicted molar refractivity (Wildman–Crippen MR) is 297 cm³/mol. The van der Waals surface area contributed by atoms with Crippen LogP contribution in [-0.4, -0.2) is 96.6 Å². The van der Waals surface area contributed by atoms with Crippen molar-refractivity contribution in [2.75, 3.05) is 52.5 Å². The average molecular weight is 1000 g/mol. The molecule has 4 saturated carbocycles. The Balaban J connectivity index is 1.10. The van der Waals surface area contributed by atoms with E-state index in [2.05, 4.69) is 65.2 Å². The van der Waals surface area contributed by atoms with E-state index in [0.717, 1.165) is 139 Å². The van der Waals surface area contributed by atoms with Crippen LogP contribution < -0.4 is 0 Å². The van der Waals surface area contributed by atoms with Crippen molar-refractivity contribution in [3.63, 3.8) is 0 Å². The van der Waals surface area contributed by atoms with Crippen molar-refractivity contribution in [2.24, 2.45) is 51.8 Å². The van der Waals surface area contributed by atoms with E-state index in [1.807, 2.05) is 0 Å². The summed E-state index contributed by atoms with van der Waals surface area (Å²) in [5.41, 5.74) is 1.12. The molecular formula is C63H118N2O6. The second kappa shape index (κ2) is 33.7. The average Bonchev–Trinajstić information content (AvgIpc) is 3.70. The van der Waals surface area contributed by atoms with Gasteiger partial charge < -0.3 is 19.7 Å². The molecule has 0 aromatic carbocycles. The molecule has 4 rings (SSSR count). The summed E-state index contributed by atoms with van der Waals surface area (Å²) in [6, 6.07) is 0. The summed E-state index contributed by atoms with van der Waals surface area (Å²) in [6.45, 7) is 24.8. The molecule has 4 aliphatic rings. The van der Waals surface area contributed by atoms with Crippen molar-refractivity contribution in [1.82, 2.24) is 9.80 Å². The number of rotatable bonds is 40. The smallest absolute Gasteiger partial charge is 0.306 e. The van der Waals surface area contributed by atoms with Gasteiger partial charge in [0.15, 0.2) is 0 Å². The third kappa shape index (κ3) is 20.3. The van der Waals surface area contributed by atoms with Crippen LogP contribution in [0, 0.1) is 51.8 Å². The number of unbranched alkanes of at least 4 members (excludes halogenated alkanes) is 14. The maximum Gasteiger partial charge on any atom is 0.306 e. The monoisotopic (exact) mass is 999 g/mol. The van der Waals surface area contributed by atoms with Gasteiger partial charge in [0.05, 0.1) is 13.2 Å². The number of hydrogen-bond acceptors (Lipinski definition) is 8. The van der Waals surface area contributed by atoms with Crippen LogP contribution in [0.5, 0.6) is 0 Å². The molecule has 71 heavy (non-hydrogen) atoms. The third-order valence-electron chi connectivity index (χ3n) is 20.2. The highest BCUT2D eigenvalue weighted by Crippen LogP contribution is 2.71. The fourth-order valence-corrected chi connectivity index (χ4v) is 15.6. The van der Waals surface area contributed by atoms with E-state index in [1.165, 1.54) is 128 Å². The van der Waals surface area contributed by atoms with E-state index in [9.17, 15) is 19.8 Å². The number of fused-ring (bicyclic) bond motifs is 5. The molecule has 0 radical (unpaired) electrons. The second-order valence-corrected chi connectivity index (χ2v) is 25.8. The summed E-state index contributed by atoms with van der Waals surface area (Å²) >= 11 is 0. The van der Waals surface area contributed by atoms with Gasteiger partial charge in [0.25, 0.3) is 0 Å². The second-order valence-electron chi connectivity index (χ2n) is 25.8. The number of aliphatic hydroxyl groups is 2. The minimum Gasteiger partial charge on any atom is -0.462 e. The molecule has 8 heteroatoms. The van der Waals surface area contributed by atoms with Gasteiger partial charge in [-0.3, -0.25) is 19.4 Å². The highest BCUT2D eigenvalue weighted by molar-refractivity contribution is 5.69. The first-order chi connectivity index (χ1) is 34.2. The lowest BCUT2D eigenvalue weighted by Gasteiger charge is -2.65. The first kappa shape index (κ1) is 62.3. The van der Waals surface area contributed by atoms with Gasteiger partial charge in [-0.05, 0) is 174 Å². The summed E-state index contributed by atoms with van der Waals surface area (Å²) in [6.07, 6.45) is 39.7. The summed E-state index contributed by atoms with van der Waals surface area (Å²) in [7, 11) is 0. The highest BCUT2D eigenvalue weighted by Gasteiger charge is 2.64. The number of esters is 2. The zero-order valence-corrected chi connectivity index (χ0v) is 48.2. The van der Waals surface area contributed by atoms with E-state index >= 15 is 0 Å². The van der Waals surface area contributed by atoms with Crippen molar-refractivity contribution in [2.45, 2.75) is 286 Å². The quantitative estimate of drug-likeness (QED) is 0.0463. The van der Waals surface area contributed by atoms with Crippen molar-refractivity contribution >= 4 is 11.9 Å². The molecule has 0 heterocycles. The van der Waals surface area contributed by atoms with Crippen LogP contribution in [0.1, 0.15) is 274 Å². The largest absolute Gasteiger partial charge is 0.462 e. The van der Waals surface area contributed by atoms with Crippen LogP contribution >= 0.6 is 0 Å². The molecule has 0 aliphatic heterocycles. The van der Waals surface area contributed by atoms with E-state index in [-0.39, 0.29) is 42.8 Å². The van der Waals surface area contributed by atoms with Crippen LogP contribution in [0.25, 0.3) is 0 Å². The molecule has 0 amide bonds. The maximum absolute atomic E-state index is 13.3. The Bertz CT molecular complexity index is 1410. The van der Waals surface area contributed by atoms with Crippen molar-refractivity contribution < 1.29 is 29.3 Å². The van der Waals surface area contributed by atoms with E-state index in [4.69, 9.17) is 9.47 Å². The van der Waals surface area contributed by atoms with E-state index < -0.39 is 0 Å². The SMILES string of the molecule is CCCCCCCCC(CCCCCCCC)OC(=O)CCCCCN(CCO)CCN(CCO)CCCCCC(=O)OC1CCC2(C)C3CCC4(C)C(C(C)CCCC(C)C)CCC4C3CCC2(C)C1. The molecule has 416 valence electrons. The van der Waals surface area contributed by atoms with Gasteiger partial charge in [-0.25, -0.2) is 0 Å². The molecule has 2 N–H and O–H groups in total. The number of ether oxygens (including phenoxy) is 2. The first-order valence-electron chi connectivity index (χ1n) is 31.3. The van der Waals surface area contributed by atoms with Gasteiger partial charge in [-0.1, -0.05) is 152 Å². The van der Waals surface area contributed by atoms with E-state index in [1.54, 1.807) is 0 Å². The maximum atomic E-state index is 13.3. The number of carbonyl (C=O) groups is 2. The summed E-state index contributed by atoms with van der Waals surface area (Å²) in [5.74, 6) is 5.13. The predicted octanol–water partition coefficient (Wildman–Crippen LogP) is 15.5. The minimum atomic E-state index is -0.0280. The Morgan fingerprint density at radius 3 is 1.69 bits per heavy atom. The normalized spacial score (nSPS) is 27.8. The van der Waals surface area contributed by atoms with Gasteiger partial charge in [0.1, 0.15) is 12.2 Å². The summed E-state index contributed by atoms with van der Waals surface area (Å²) in [4.78, 5) is 30.9. The Morgan fingerprint density at radius 2 is 1.11 bits per heavy atom. The van der Waals surface area contributed by atoms with Crippen molar-refractivity contribution in [1.29, 1.82) is 0 Å². The van der Waals surface area contributed by atoms with Gasteiger partial charge in [-0.2, -0.15) is 0 Å². The summed E-state index contributed by atoms with van der Waals surface area (Å²) < 4.78 is 12.4. The molecule has 9 unspecified atom stereocenters. The Hall–Kier alpha value is -1.22. The zero-order chi connectivity index (χ0) is 51.5. The first-order valence-corrected chi connectivity index (χ1v) is 31.3. The van der Waals surface area contributed by atoms with Crippen molar-refractivity contribution in [3.8, 4) is 0 Å². The van der Waals surface area contributed by atoms with Crippen LogP contribution in [0.15, 0.2) is 0 Å². The number of hydrogen-bond donors (Lipinski definition) is 2. The molecule has 0 aromatic rings. The van der Waals surface area contributed by atoms with Crippen LogP contribution in [-0.2, 0) is 19.1 Å². The fourth-order valence-electron chi connectivity index (χ4n) is 15.6. The zero-order valence-electron chi connectivity index (χ0n) is 48.2. The summed E-state index contributed by atoms with van der Waals surface area (Å²) in [5, 5.41) is 19.7. The molecule has 8 nitrogen and oxygen atoms in total. The third-order valence-corrected chi connectivity index (χ3v) is 20.2. The van der Waals surface area contributed by atoms with Crippen LogP contribution in [0.2, 0.25) is 0 Å². The van der Waals surface area contributed by atoms with Gasteiger partial charge in [-0.15, -0.1) is 0 Å². The highest BCUT2D eigenvalue weighted by atomic mass is 16.5. The lowest BCUT2D eigenvalue weighted by atomic mass is 9.40. The Kier molecular flexibility index (Phi) is 29.6. The standard InChI is InChI=1S/C63H118N2O6/c1-9-11-13-15-17-21-30-53(31-22-18-16-14-12-10-2)70-59(68)32-23-19-25-42-64(46-48-66)44-45-65(47-49-67)43-26-20-24-33-60(69)71-54-36-41-63(8)58-38-40-62(7)56(52(5)29-27-28-51(3)4)34-35-57(62)55(58)37-39-61(63,6)50-54/h51-58,66-67H,9-50H2,1-8H3. The number of nitrogens with zero attached hydrogens (tertiary/aromatic N) is 2.